The predicted octanol–water partition coefficient (Wildman–Crippen LogP) is 1.46. The van der Waals surface area contributed by atoms with Crippen molar-refractivity contribution in [1.29, 1.82) is 0 Å². The molecule has 74 valence electrons. The maximum atomic E-state index is 5.39. The Labute approximate surface area is 75.0 Å². The zero-order valence-corrected chi connectivity index (χ0v) is 8.50. The summed E-state index contributed by atoms with van der Waals surface area (Å²) in [6, 6.07) is 0. The van der Waals surface area contributed by atoms with Gasteiger partial charge >= 0.3 is 0 Å². The van der Waals surface area contributed by atoms with E-state index in [0.717, 1.165) is 6.61 Å². The predicted molar refractivity (Wildman–Crippen MR) is 48.4 cm³/mol. The van der Waals surface area contributed by atoms with Crippen LogP contribution in [0, 0.1) is 0 Å². The summed E-state index contributed by atoms with van der Waals surface area (Å²) in [7, 11) is 1.67. The van der Waals surface area contributed by atoms with Crippen molar-refractivity contribution >= 4 is 0 Å². The van der Waals surface area contributed by atoms with Crippen molar-refractivity contribution in [3.05, 3.63) is 0 Å². The maximum absolute atomic E-state index is 5.39. The van der Waals surface area contributed by atoms with Crippen molar-refractivity contribution < 1.29 is 14.2 Å². The van der Waals surface area contributed by atoms with Gasteiger partial charge in [0, 0.05) is 13.7 Å². The number of rotatable bonds is 7. The van der Waals surface area contributed by atoms with Crippen LogP contribution < -0.4 is 0 Å². The second kappa shape index (κ2) is 7.53. The van der Waals surface area contributed by atoms with Crippen LogP contribution in [-0.2, 0) is 14.2 Å². The molecular weight excluding hydrogens is 156 g/mol. The molecule has 0 N–H and O–H groups in total. The molecule has 0 saturated heterocycles. The van der Waals surface area contributed by atoms with Crippen molar-refractivity contribution in [2.24, 2.45) is 0 Å². The van der Waals surface area contributed by atoms with Crippen LogP contribution in [0.1, 0.15) is 20.8 Å². The van der Waals surface area contributed by atoms with Gasteiger partial charge in [-0.1, -0.05) is 0 Å². The lowest BCUT2D eigenvalue weighted by Crippen LogP contribution is -2.25. The fraction of sp³-hybridized carbons (Fsp3) is 1.00. The summed E-state index contributed by atoms with van der Waals surface area (Å²) in [5.41, 5.74) is 0. The van der Waals surface area contributed by atoms with Gasteiger partial charge in [-0.3, -0.25) is 0 Å². The Morgan fingerprint density at radius 1 is 1.17 bits per heavy atom. The molecular formula is C9H20O3. The zero-order chi connectivity index (χ0) is 9.40. The Morgan fingerprint density at radius 3 is 2.25 bits per heavy atom. The summed E-state index contributed by atoms with van der Waals surface area (Å²) >= 11 is 0. The van der Waals surface area contributed by atoms with Crippen LogP contribution in [0.2, 0.25) is 0 Å². The molecule has 0 aliphatic carbocycles. The first-order valence-electron chi connectivity index (χ1n) is 4.42. The van der Waals surface area contributed by atoms with E-state index in [-0.39, 0.29) is 12.2 Å². The third-order valence-electron chi connectivity index (χ3n) is 1.46. The lowest BCUT2D eigenvalue weighted by Gasteiger charge is -2.16. The van der Waals surface area contributed by atoms with Gasteiger partial charge in [0.2, 0.25) is 0 Å². The van der Waals surface area contributed by atoms with Gasteiger partial charge in [-0.15, -0.1) is 0 Å². The maximum Gasteiger partial charge on any atom is 0.104 e. The van der Waals surface area contributed by atoms with E-state index in [1.54, 1.807) is 7.11 Å². The summed E-state index contributed by atoms with van der Waals surface area (Å²) < 4.78 is 15.8. The van der Waals surface area contributed by atoms with Gasteiger partial charge in [0.25, 0.3) is 0 Å². The van der Waals surface area contributed by atoms with Crippen molar-refractivity contribution in [2.45, 2.75) is 33.0 Å². The van der Waals surface area contributed by atoms with Crippen LogP contribution in [0.15, 0.2) is 0 Å². The van der Waals surface area contributed by atoms with Crippen LogP contribution in [0.4, 0.5) is 0 Å². The van der Waals surface area contributed by atoms with Gasteiger partial charge < -0.3 is 14.2 Å². The van der Waals surface area contributed by atoms with E-state index in [1.807, 2.05) is 20.8 Å². The molecule has 3 nitrogen and oxygen atoms in total. The molecule has 1 unspecified atom stereocenters. The lowest BCUT2D eigenvalue weighted by molar-refractivity contribution is -0.0527. The molecule has 0 bridgehead atoms. The summed E-state index contributed by atoms with van der Waals surface area (Å²) in [4.78, 5) is 0. The SMILES string of the molecule is CCOCC(COC(C)C)OC. The molecule has 12 heavy (non-hydrogen) atoms. The monoisotopic (exact) mass is 176 g/mol. The Hall–Kier alpha value is -0.120. The van der Waals surface area contributed by atoms with Gasteiger partial charge in [0.15, 0.2) is 0 Å². The van der Waals surface area contributed by atoms with Crippen LogP contribution >= 0.6 is 0 Å². The van der Waals surface area contributed by atoms with Crippen molar-refractivity contribution in [1.82, 2.24) is 0 Å². The highest BCUT2D eigenvalue weighted by Crippen LogP contribution is 1.96. The second-order valence-electron chi connectivity index (χ2n) is 2.90. The number of hydrogen-bond donors (Lipinski definition) is 0. The van der Waals surface area contributed by atoms with E-state index in [0.29, 0.717) is 13.2 Å². The lowest BCUT2D eigenvalue weighted by atomic mass is 10.4. The Bertz CT molecular complexity index is 93.8. The highest BCUT2D eigenvalue weighted by atomic mass is 16.6. The van der Waals surface area contributed by atoms with Crippen LogP contribution in [0.25, 0.3) is 0 Å². The molecule has 0 heterocycles. The number of ether oxygens (including phenoxy) is 3. The third kappa shape index (κ3) is 6.58. The summed E-state index contributed by atoms with van der Waals surface area (Å²) in [6.07, 6.45) is 0.316. The standard InChI is InChI=1S/C9H20O3/c1-5-11-6-9(10-4)7-12-8(2)3/h8-9H,5-7H2,1-4H3. The highest BCUT2D eigenvalue weighted by Gasteiger charge is 2.07. The molecule has 0 aliphatic rings. The molecule has 0 fully saturated rings. The number of methoxy groups -OCH3 is 1. The molecule has 0 aromatic carbocycles. The topological polar surface area (TPSA) is 27.7 Å². The van der Waals surface area contributed by atoms with Crippen molar-refractivity contribution in [3.63, 3.8) is 0 Å². The average Bonchev–Trinajstić information content (AvgIpc) is 2.05. The van der Waals surface area contributed by atoms with E-state index in [2.05, 4.69) is 0 Å². The molecule has 0 radical (unpaired) electrons. The van der Waals surface area contributed by atoms with E-state index in [4.69, 9.17) is 14.2 Å². The first kappa shape index (κ1) is 11.9. The molecule has 0 amide bonds. The quantitative estimate of drug-likeness (QED) is 0.588. The zero-order valence-electron chi connectivity index (χ0n) is 8.50. The minimum absolute atomic E-state index is 0.0624. The van der Waals surface area contributed by atoms with Gasteiger partial charge in [0.1, 0.15) is 6.10 Å². The largest absolute Gasteiger partial charge is 0.379 e. The minimum Gasteiger partial charge on any atom is -0.379 e. The summed E-state index contributed by atoms with van der Waals surface area (Å²) in [6.45, 7) is 7.92. The summed E-state index contributed by atoms with van der Waals surface area (Å²) in [5.74, 6) is 0. The van der Waals surface area contributed by atoms with E-state index < -0.39 is 0 Å². The smallest absolute Gasteiger partial charge is 0.104 e. The molecule has 0 aromatic rings. The molecule has 0 aliphatic heterocycles. The molecule has 0 rings (SSSR count). The molecule has 1 atom stereocenters. The molecule has 0 aromatic heterocycles. The van der Waals surface area contributed by atoms with E-state index in [9.17, 15) is 0 Å². The van der Waals surface area contributed by atoms with Crippen molar-refractivity contribution in [3.8, 4) is 0 Å². The van der Waals surface area contributed by atoms with Gasteiger partial charge in [-0.05, 0) is 20.8 Å². The van der Waals surface area contributed by atoms with Crippen molar-refractivity contribution in [2.75, 3.05) is 26.9 Å². The summed E-state index contributed by atoms with van der Waals surface area (Å²) in [5, 5.41) is 0. The first-order valence-corrected chi connectivity index (χ1v) is 4.42. The first-order chi connectivity index (χ1) is 5.70. The van der Waals surface area contributed by atoms with Gasteiger partial charge in [-0.25, -0.2) is 0 Å². The van der Waals surface area contributed by atoms with Crippen LogP contribution in [0.5, 0.6) is 0 Å². The molecule has 0 spiro atoms. The van der Waals surface area contributed by atoms with Crippen LogP contribution in [-0.4, -0.2) is 39.1 Å². The Kier molecular flexibility index (Phi) is 7.45. The normalized spacial score (nSPS) is 13.8. The molecule has 0 saturated carbocycles. The third-order valence-corrected chi connectivity index (χ3v) is 1.46. The van der Waals surface area contributed by atoms with E-state index >= 15 is 0 Å². The number of hydrogen-bond acceptors (Lipinski definition) is 3. The minimum atomic E-state index is 0.0624. The van der Waals surface area contributed by atoms with E-state index in [1.165, 1.54) is 0 Å². The fourth-order valence-electron chi connectivity index (χ4n) is 0.733. The van der Waals surface area contributed by atoms with Gasteiger partial charge in [0.05, 0.1) is 19.3 Å². The molecule has 3 heteroatoms. The van der Waals surface area contributed by atoms with Crippen LogP contribution in [0.3, 0.4) is 0 Å². The Morgan fingerprint density at radius 2 is 1.83 bits per heavy atom. The Balaban J connectivity index is 3.39. The van der Waals surface area contributed by atoms with Gasteiger partial charge in [-0.2, -0.15) is 0 Å². The highest BCUT2D eigenvalue weighted by molar-refractivity contribution is 4.54. The second-order valence-corrected chi connectivity index (χ2v) is 2.90. The average molecular weight is 176 g/mol. The fourth-order valence-corrected chi connectivity index (χ4v) is 0.733.